The molecule has 0 saturated carbocycles. The number of hydrogen-bond acceptors (Lipinski definition) is 9. The molecule has 2 heterocycles. The molecule has 200 valence electrons. The first-order chi connectivity index (χ1) is 18.1. The lowest BCUT2D eigenvalue weighted by molar-refractivity contribution is 0.175. The molecule has 1 fully saturated rings. The topological polar surface area (TPSA) is 142 Å². The molecular weight excluding hydrogens is 522 g/mol. The number of primary sulfonamides is 1. The molecule has 3 atom stereocenters. The van der Waals surface area contributed by atoms with Gasteiger partial charge in [0, 0.05) is 36.7 Å². The quantitative estimate of drug-likeness (QED) is 0.433. The van der Waals surface area contributed by atoms with Gasteiger partial charge < -0.3 is 9.84 Å². The van der Waals surface area contributed by atoms with Gasteiger partial charge in [0.2, 0.25) is 10.0 Å². The van der Waals surface area contributed by atoms with Gasteiger partial charge in [-0.15, -0.1) is 10.2 Å². The number of aromatic nitrogens is 2. The molecular formula is C27H31N5O4S2. The lowest BCUT2D eigenvalue weighted by Gasteiger charge is -2.27. The van der Waals surface area contributed by atoms with Crippen LogP contribution in [0.1, 0.15) is 49.3 Å². The van der Waals surface area contributed by atoms with Crippen LogP contribution in [0.15, 0.2) is 36.4 Å². The Kier molecular flexibility index (Phi) is 7.53. The third-order valence-electron chi connectivity index (χ3n) is 7.24. The van der Waals surface area contributed by atoms with Crippen molar-refractivity contribution in [2.75, 3.05) is 19.6 Å². The van der Waals surface area contributed by atoms with Crippen LogP contribution < -0.4 is 9.88 Å². The number of rotatable bonds is 8. The summed E-state index contributed by atoms with van der Waals surface area (Å²) in [5, 5.41) is 34.8. The number of nitrogens with two attached hydrogens (primary N) is 1. The summed E-state index contributed by atoms with van der Waals surface area (Å²) in [6, 6.07) is 13.5. The number of fused-ring (bicyclic) bond motifs is 1. The van der Waals surface area contributed by atoms with E-state index in [0.29, 0.717) is 48.8 Å². The summed E-state index contributed by atoms with van der Waals surface area (Å²) in [4.78, 5) is 1.99. The maximum Gasteiger partial charge on any atom is 0.213 e. The number of aliphatic hydroxyl groups is 1. The smallest absolute Gasteiger partial charge is 0.213 e. The first-order valence-electron chi connectivity index (χ1n) is 12.7. The number of nitriles is 1. The van der Waals surface area contributed by atoms with Crippen LogP contribution in [0.3, 0.4) is 0 Å². The van der Waals surface area contributed by atoms with Gasteiger partial charge in [-0.2, -0.15) is 5.26 Å². The van der Waals surface area contributed by atoms with Gasteiger partial charge in [0.1, 0.15) is 21.8 Å². The zero-order valence-electron chi connectivity index (χ0n) is 21.4. The van der Waals surface area contributed by atoms with E-state index in [4.69, 9.17) is 9.88 Å². The van der Waals surface area contributed by atoms with E-state index in [1.807, 2.05) is 43.0 Å². The largest absolute Gasteiger partial charge is 0.490 e. The average Bonchev–Trinajstić information content (AvgIpc) is 3.61. The SMILES string of the molecule is CC(C)Oc1ccc(-c2nnc(-c3cccc4c3CC[C@@H]4C(CN3CC[C@@H](O)C3)S(N)(=O)=O)s2)cc1C#N. The lowest BCUT2D eigenvalue weighted by atomic mass is 9.95. The molecule has 11 heteroatoms. The van der Waals surface area contributed by atoms with Crippen molar-refractivity contribution in [3.8, 4) is 33.0 Å². The number of sulfonamides is 1. The Balaban J connectivity index is 1.44. The number of nitrogens with zero attached hydrogens (tertiary/aromatic N) is 4. The van der Waals surface area contributed by atoms with Crippen molar-refractivity contribution in [3.63, 3.8) is 0 Å². The third kappa shape index (κ3) is 5.46. The summed E-state index contributed by atoms with van der Waals surface area (Å²) >= 11 is 1.43. The normalized spacial score (nSPS) is 20.4. The van der Waals surface area contributed by atoms with E-state index in [2.05, 4.69) is 16.3 Å². The third-order valence-corrected chi connectivity index (χ3v) is 9.57. The summed E-state index contributed by atoms with van der Waals surface area (Å²) in [5.41, 5.74) is 4.23. The predicted molar refractivity (Wildman–Crippen MR) is 146 cm³/mol. The van der Waals surface area contributed by atoms with Gasteiger partial charge in [0.15, 0.2) is 0 Å². The maximum atomic E-state index is 12.7. The first kappa shape index (κ1) is 26.7. The van der Waals surface area contributed by atoms with Crippen molar-refractivity contribution in [3.05, 3.63) is 53.1 Å². The minimum Gasteiger partial charge on any atom is -0.490 e. The predicted octanol–water partition coefficient (Wildman–Crippen LogP) is 3.28. The van der Waals surface area contributed by atoms with Crippen molar-refractivity contribution in [1.82, 2.24) is 15.1 Å². The average molecular weight is 554 g/mol. The van der Waals surface area contributed by atoms with Crippen LogP contribution in [0.2, 0.25) is 0 Å². The summed E-state index contributed by atoms with van der Waals surface area (Å²) in [7, 11) is -3.81. The highest BCUT2D eigenvalue weighted by Crippen LogP contribution is 2.43. The van der Waals surface area contributed by atoms with E-state index >= 15 is 0 Å². The van der Waals surface area contributed by atoms with Gasteiger partial charge in [-0.3, -0.25) is 4.90 Å². The van der Waals surface area contributed by atoms with Crippen molar-refractivity contribution in [2.45, 2.75) is 56.5 Å². The molecule has 9 nitrogen and oxygen atoms in total. The van der Waals surface area contributed by atoms with E-state index in [1.54, 1.807) is 12.1 Å². The molecule has 0 amide bonds. The molecule has 1 aromatic heterocycles. The molecule has 0 radical (unpaired) electrons. The van der Waals surface area contributed by atoms with E-state index < -0.39 is 21.4 Å². The maximum absolute atomic E-state index is 12.7. The van der Waals surface area contributed by atoms with Gasteiger partial charge in [-0.05, 0) is 62.4 Å². The second-order valence-electron chi connectivity index (χ2n) is 10.2. The zero-order chi connectivity index (χ0) is 27.0. The molecule has 3 N–H and O–H groups in total. The Bertz CT molecular complexity index is 1480. The number of hydrogen-bond donors (Lipinski definition) is 2. The fourth-order valence-electron chi connectivity index (χ4n) is 5.52. The number of likely N-dealkylation sites (tertiary alicyclic amines) is 1. The summed E-state index contributed by atoms with van der Waals surface area (Å²) in [5.74, 6) is 0.313. The van der Waals surface area contributed by atoms with Crippen LogP contribution in [0.25, 0.3) is 21.1 Å². The molecule has 3 aromatic rings. The van der Waals surface area contributed by atoms with Gasteiger partial charge in [0.05, 0.1) is 23.0 Å². The monoisotopic (exact) mass is 553 g/mol. The molecule has 5 rings (SSSR count). The molecule has 1 aliphatic carbocycles. The van der Waals surface area contributed by atoms with E-state index in [-0.39, 0.29) is 12.0 Å². The lowest BCUT2D eigenvalue weighted by Crippen LogP contribution is -2.42. The summed E-state index contributed by atoms with van der Waals surface area (Å²) < 4.78 is 31.1. The molecule has 2 aromatic carbocycles. The Morgan fingerprint density at radius 3 is 2.71 bits per heavy atom. The van der Waals surface area contributed by atoms with Crippen LogP contribution in [0.5, 0.6) is 5.75 Å². The highest BCUT2D eigenvalue weighted by atomic mass is 32.2. The van der Waals surface area contributed by atoms with Crippen molar-refractivity contribution in [1.29, 1.82) is 5.26 Å². The van der Waals surface area contributed by atoms with Crippen LogP contribution in [-0.4, -0.2) is 65.7 Å². The fourth-order valence-corrected chi connectivity index (χ4v) is 7.57. The van der Waals surface area contributed by atoms with Crippen LogP contribution in [0, 0.1) is 11.3 Å². The Hall–Kier alpha value is -2.88. The number of ether oxygens (including phenoxy) is 1. The molecule has 0 bridgehead atoms. The molecule has 1 saturated heterocycles. The molecule has 1 aliphatic heterocycles. The highest BCUT2D eigenvalue weighted by Gasteiger charge is 2.39. The zero-order valence-corrected chi connectivity index (χ0v) is 23.0. The number of benzene rings is 2. The Labute approximate surface area is 226 Å². The minimum absolute atomic E-state index is 0.0408. The Morgan fingerprint density at radius 1 is 1.24 bits per heavy atom. The second kappa shape index (κ2) is 10.7. The van der Waals surface area contributed by atoms with E-state index in [1.165, 1.54) is 11.3 Å². The van der Waals surface area contributed by atoms with Gasteiger partial charge in [-0.1, -0.05) is 29.5 Å². The van der Waals surface area contributed by atoms with E-state index in [9.17, 15) is 18.8 Å². The van der Waals surface area contributed by atoms with Gasteiger partial charge >= 0.3 is 0 Å². The van der Waals surface area contributed by atoms with Crippen LogP contribution >= 0.6 is 11.3 Å². The number of β-amino-alcohol motifs (C(OH)–C–C–N with tert-alkyl or cyclic N) is 1. The van der Waals surface area contributed by atoms with Crippen molar-refractivity contribution in [2.24, 2.45) is 5.14 Å². The molecule has 38 heavy (non-hydrogen) atoms. The standard InChI is InChI=1S/C27H31N5O4S2/c1-16(2)36-24-9-6-17(12-18(24)13-28)26-30-31-27(37-26)23-5-3-4-20-21(23)7-8-22(20)25(38(29,34)35)15-32-11-10-19(33)14-32/h3-6,9,12,16,19,22,25,33H,7-8,10-11,14-15H2,1-2H3,(H2,29,34,35)/t19-,22+,25?/m1/s1. The van der Waals surface area contributed by atoms with Crippen LogP contribution in [-0.2, 0) is 16.4 Å². The number of aliphatic hydroxyl groups excluding tert-OH is 1. The van der Waals surface area contributed by atoms with E-state index in [0.717, 1.165) is 33.7 Å². The molecule has 0 spiro atoms. The molecule has 2 aliphatic rings. The molecule has 1 unspecified atom stereocenters. The van der Waals surface area contributed by atoms with Crippen LogP contribution in [0.4, 0.5) is 0 Å². The fraction of sp³-hybridized carbons (Fsp3) is 0.444. The summed E-state index contributed by atoms with van der Waals surface area (Å²) in [6.45, 7) is 5.27. The van der Waals surface area contributed by atoms with Crippen molar-refractivity contribution >= 4 is 21.4 Å². The summed E-state index contributed by atoms with van der Waals surface area (Å²) in [6.07, 6.45) is 1.58. The Morgan fingerprint density at radius 2 is 2.03 bits per heavy atom. The van der Waals surface area contributed by atoms with Gasteiger partial charge in [-0.25, -0.2) is 13.6 Å². The first-order valence-corrected chi connectivity index (χ1v) is 15.2. The van der Waals surface area contributed by atoms with Crippen molar-refractivity contribution < 1.29 is 18.3 Å². The second-order valence-corrected chi connectivity index (χ2v) is 13.0. The van der Waals surface area contributed by atoms with Gasteiger partial charge in [0.25, 0.3) is 0 Å². The minimum atomic E-state index is -3.81. The highest BCUT2D eigenvalue weighted by molar-refractivity contribution is 7.89.